The molecule has 0 saturated carbocycles. The van der Waals surface area contributed by atoms with Crippen molar-refractivity contribution in [2.24, 2.45) is 0 Å². The van der Waals surface area contributed by atoms with Crippen LogP contribution in [0.2, 0.25) is 19.6 Å². The summed E-state index contributed by atoms with van der Waals surface area (Å²) in [4.78, 5) is 5.30. The fraction of sp³-hybridized carbons (Fsp3) is 0.476. The molecule has 1 aromatic carbocycles. The fourth-order valence-electron chi connectivity index (χ4n) is 4.04. The topological polar surface area (TPSA) is 65.5 Å². The molecule has 0 unspecified atom stereocenters. The van der Waals surface area contributed by atoms with Gasteiger partial charge in [0.05, 0.1) is 10.6 Å². The predicted molar refractivity (Wildman–Crippen MR) is 121 cm³/mol. The van der Waals surface area contributed by atoms with Crippen molar-refractivity contribution in [2.75, 3.05) is 29.4 Å². The first-order chi connectivity index (χ1) is 13.7. The number of anilines is 2. The zero-order valence-electron chi connectivity index (χ0n) is 17.7. The van der Waals surface area contributed by atoms with Gasteiger partial charge < -0.3 is 5.43 Å². The molecule has 0 radical (unpaired) electrons. The smallest absolute Gasteiger partial charge is 0.264 e. The molecule has 2 aromatic rings. The minimum Gasteiger partial charge on any atom is -0.303 e. The molecule has 0 amide bonds. The number of aromatic nitrogens is 1. The summed E-state index contributed by atoms with van der Waals surface area (Å²) in [6.07, 6.45) is 3.11. The summed E-state index contributed by atoms with van der Waals surface area (Å²) in [5.41, 5.74) is 6.39. The van der Waals surface area contributed by atoms with Gasteiger partial charge in [-0.3, -0.25) is 4.31 Å². The molecule has 0 spiro atoms. The lowest BCUT2D eigenvalue weighted by Crippen LogP contribution is -2.45. The summed E-state index contributed by atoms with van der Waals surface area (Å²) < 4.78 is 28.5. The zero-order chi connectivity index (χ0) is 20.8. The van der Waals surface area contributed by atoms with Crippen LogP contribution in [0.4, 0.5) is 11.5 Å². The second kappa shape index (κ2) is 7.41. The number of sulfonamides is 1. The number of aryl methyl sites for hydroxylation is 1. The molecule has 3 heterocycles. The van der Waals surface area contributed by atoms with E-state index >= 15 is 0 Å². The monoisotopic (exact) mass is 430 g/mol. The Morgan fingerprint density at radius 3 is 2.31 bits per heavy atom. The molecule has 0 aliphatic carbocycles. The Morgan fingerprint density at radius 2 is 1.69 bits per heavy atom. The maximum Gasteiger partial charge on any atom is 0.264 e. The Hall–Kier alpha value is -1.90. The first kappa shape index (κ1) is 20.4. The van der Waals surface area contributed by atoms with E-state index in [0.29, 0.717) is 11.4 Å². The van der Waals surface area contributed by atoms with Gasteiger partial charge in [0.1, 0.15) is 13.9 Å². The average Bonchev–Trinajstić information content (AvgIpc) is 3.30. The second-order valence-electron chi connectivity index (χ2n) is 9.06. The van der Waals surface area contributed by atoms with Crippen molar-refractivity contribution in [3.05, 3.63) is 41.5 Å². The van der Waals surface area contributed by atoms with Gasteiger partial charge >= 0.3 is 0 Å². The van der Waals surface area contributed by atoms with Gasteiger partial charge in [0, 0.05) is 25.0 Å². The van der Waals surface area contributed by atoms with Crippen LogP contribution in [0.25, 0.3) is 0 Å². The van der Waals surface area contributed by atoms with Gasteiger partial charge in [-0.05, 0) is 49.9 Å². The van der Waals surface area contributed by atoms with Crippen LogP contribution in [0.5, 0.6) is 0 Å². The molecule has 1 fully saturated rings. The average molecular weight is 431 g/mol. The minimum absolute atomic E-state index is 0.344. The van der Waals surface area contributed by atoms with Crippen molar-refractivity contribution in [3.63, 3.8) is 0 Å². The summed E-state index contributed by atoms with van der Waals surface area (Å²) >= 11 is 0. The SMILES string of the molecule is Cc1ccc(S(=O)(=O)N2CCc3cc(NN4CCCC4)nc([Si](C)(C)C)c32)cc1. The number of hydrogen-bond donors (Lipinski definition) is 1. The standard InChI is InChI=1S/C21H30N4O2SSi/c1-16-7-9-18(10-8-16)28(26,27)25-14-11-17-15-19(23-24-12-5-6-13-24)22-21(20(17)25)29(2,3)4/h7-10,15H,5-6,11-14H2,1-4H3,(H,22,23). The molecule has 4 rings (SSSR count). The molecule has 1 aromatic heterocycles. The number of nitrogens with zero attached hydrogens (tertiary/aromatic N) is 3. The minimum atomic E-state index is -3.60. The van der Waals surface area contributed by atoms with Gasteiger partial charge in [0.2, 0.25) is 0 Å². The van der Waals surface area contributed by atoms with Crippen LogP contribution in [0, 0.1) is 6.92 Å². The Morgan fingerprint density at radius 1 is 1.03 bits per heavy atom. The third-order valence-electron chi connectivity index (χ3n) is 5.60. The van der Waals surface area contributed by atoms with E-state index in [1.165, 1.54) is 12.8 Å². The number of pyridine rings is 1. The van der Waals surface area contributed by atoms with Gasteiger partial charge in [0.15, 0.2) is 0 Å². The molecule has 6 nitrogen and oxygen atoms in total. The van der Waals surface area contributed by atoms with Gasteiger partial charge in [-0.25, -0.2) is 18.4 Å². The highest BCUT2D eigenvalue weighted by Crippen LogP contribution is 2.34. The van der Waals surface area contributed by atoms with Crippen molar-refractivity contribution in [1.29, 1.82) is 0 Å². The molecule has 0 bridgehead atoms. The first-order valence-corrected chi connectivity index (χ1v) is 15.3. The van der Waals surface area contributed by atoms with E-state index in [0.717, 1.165) is 47.5 Å². The van der Waals surface area contributed by atoms with Gasteiger partial charge in [-0.15, -0.1) is 0 Å². The lowest BCUT2D eigenvalue weighted by Gasteiger charge is -2.27. The van der Waals surface area contributed by atoms with Crippen LogP contribution in [0.15, 0.2) is 35.2 Å². The van der Waals surface area contributed by atoms with Crippen molar-refractivity contribution < 1.29 is 8.42 Å². The third kappa shape index (κ3) is 3.93. The normalized spacial score (nSPS) is 17.6. The number of nitrogens with one attached hydrogen (secondary N) is 1. The molecule has 1 saturated heterocycles. The predicted octanol–water partition coefficient (Wildman–Crippen LogP) is 3.11. The first-order valence-electron chi connectivity index (χ1n) is 10.3. The van der Waals surface area contributed by atoms with E-state index in [1.54, 1.807) is 16.4 Å². The van der Waals surface area contributed by atoms with Crippen LogP contribution in [0.1, 0.15) is 24.0 Å². The van der Waals surface area contributed by atoms with Crippen LogP contribution in [-0.2, 0) is 16.4 Å². The highest BCUT2D eigenvalue weighted by Gasteiger charge is 2.37. The molecule has 156 valence electrons. The van der Waals surface area contributed by atoms with Gasteiger partial charge in [0.25, 0.3) is 10.0 Å². The van der Waals surface area contributed by atoms with E-state index in [4.69, 9.17) is 4.98 Å². The number of benzene rings is 1. The molecule has 0 atom stereocenters. The summed E-state index contributed by atoms with van der Waals surface area (Å²) in [6.45, 7) is 11.2. The molecule has 1 N–H and O–H groups in total. The van der Waals surface area contributed by atoms with Crippen molar-refractivity contribution >= 4 is 34.9 Å². The Balaban J connectivity index is 1.77. The van der Waals surface area contributed by atoms with E-state index < -0.39 is 18.1 Å². The maximum atomic E-state index is 13.4. The Bertz CT molecular complexity index is 1010. The summed E-state index contributed by atoms with van der Waals surface area (Å²) in [5.74, 6) is 0.845. The van der Waals surface area contributed by atoms with Crippen molar-refractivity contribution in [2.45, 2.75) is 50.7 Å². The van der Waals surface area contributed by atoms with Gasteiger partial charge in [-0.2, -0.15) is 0 Å². The number of hydrogen-bond acceptors (Lipinski definition) is 5. The lowest BCUT2D eigenvalue weighted by atomic mass is 10.2. The highest BCUT2D eigenvalue weighted by molar-refractivity contribution is 7.92. The second-order valence-corrected chi connectivity index (χ2v) is 15.9. The van der Waals surface area contributed by atoms with Crippen molar-refractivity contribution in [1.82, 2.24) is 9.99 Å². The maximum absolute atomic E-state index is 13.4. The molecule has 29 heavy (non-hydrogen) atoms. The Labute approximate surface area is 175 Å². The van der Waals surface area contributed by atoms with E-state index in [9.17, 15) is 8.42 Å². The molecule has 2 aliphatic rings. The number of hydrazine groups is 1. The van der Waals surface area contributed by atoms with Crippen LogP contribution >= 0.6 is 0 Å². The Kier molecular flexibility index (Phi) is 5.21. The number of rotatable bonds is 5. The molecule has 2 aliphatic heterocycles. The highest BCUT2D eigenvalue weighted by atomic mass is 32.2. The van der Waals surface area contributed by atoms with Gasteiger partial charge in [-0.1, -0.05) is 37.3 Å². The van der Waals surface area contributed by atoms with E-state index in [2.05, 4.69) is 30.1 Å². The largest absolute Gasteiger partial charge is 0.303 e. The quantitative estimate of drug-likeness (QED) is 0.739. The van der Waals surface area contributed by atoms with Crippen LogP contribution in [0.3, 0.4) is 0 Å². The summed E-state index contributed by atoms with van der Waals surface area (Å²) in [6, 6.07) is 9.15. The molecule has 8 heteroatoms. The summed E-state index contributed by atoms with van der Waals surface area (Å²) in [7, 11) is -5.49. The lowest BCUT2D eigenvalue weighted by molar-refractivity contribution is 0.408. The fourth-order valence-corrected chi connectivity index (χ4v) is 7.10. The molecular formula is C21H30N4O2SSi. The number of fused-ring (bicyclic) bond motifs is 1. The van der Waals surface area contributed by atoms with Crippen molar-refractivity contribution in [3.8, 4) is 0 Å². The summed E-state index contributed by atoms with van der Waals surface area (Å²) in [5, 5.41) is 3.17. The third-order valence-corrected chi connectivity index (χ3v) is 9.19. The molecular weight excluding hydrogens is 400 g/mol. The zero-order valence-corrected chi connectivity index (χ0v) is 19.5. The van der Waals surface area contributed by atoms with Crippen LogP contribution in [-0.4, -0.2) is 46.1 Å². The van der Waals surface area contributed by atoms with E-state index in [1.807, 2.05) is 25.1 Å². The van der Waals surface area contributed by atoms with E-state index in [-0.39, 0.29) is 0 Å². The van der Waals surface area contributed by atoms with Crippen LogP contribution < -0.4 is 15.0 Å².